The number of halogens is 3. The second-order valence-corrected chi connectivity index (χ2v) is 6.11. The van der Waals surface area contributed by atoms with E-state index in [1.807, 2.05) is 0 Å². The molecule has 26 heavy (non-hydrogen) atoms. The quantitative estimate of drug-likeness (QED) is 0.662. The van der Waals surface area contributed by atoms with Crippen molar-refractivity contribution in [2.75, 3.05) is 11.1 Å². The van der Waals surface area contributed by atoms with Crippen molar-refractivity contribution in [3.8, 4) is 11.5 Å². The molecular weight excluding hydrogens is 367 g/mol. The molecule has 1 aromatic carbocycles. The van der Waals surface area contributed by atoms with Gasteiger partial charge >= 0.3 is 6.18 Å². The molecule has 9 heteroatoms. The monoisotopic (exact) mass is 379 g/mol. The molecule has 0 fully saturated rings. The lowest BCUT2D eigenvalue weighted by Gasteiger charge is -2.13. The van der Waals surface area contributed by atoms with Gasteiger partial charge in [-0.2, -0.15) is 13.2 Å². The average molecular weight is 379 g/mol. The van der Waals surface area contributed by atoms with Crippen LogP contribution in [0.15, 0.2) is 64.2 Å². The standard InChI is InChI=1S/C17H12F3N3O2S/c18-17(19,20)11-4-1-2-5-12(11)21-15(24)10-26-16-8-7-13(22-23-16)14-6-3-9-25-14/h1-9H,10H2,(H,21,24). The second-order valence-electron chi connectivity index (χ2n) is 5.11. The van der Waals surface area contributed by atoms with Gasteiger partial charge in [-0.1, -0.05) is 23.9 Å². The Hall–Kier alpha value is -2.81. The number of thioether (sulfide) groups is 1. The highest BCUT2D eigenvalue weighted by Crippen LogP contribution is 2.34. The summed E-state index contributed by atoms with van der Waals surface area (Å²) in [4.78, 5) is 12.0. The Kier molecular flexibility index (Phi) is 5.27. The van der Waals surface area contributed by atoms with Gasteiger partial charge in [-0.3, -0.25) is 4.79 Å². The van der Waals surface area contributed by atoms with Crippen LogP contribution in [0.4, 0.5) is 18.9 Å². The number of nitrogens with zero attached hydrogens (tertiary/aromatic N) is 2. The van der Waals surface area contributed by atoms with Crippen molar-refractivity contribution >= 4 is 23.4 Å². The van der Waals surface area contributed by atoms with Gasteiger partial charge in [0.05, 0.1) is 23.3 Å². The van der Waals surface area contributed by atoms with Crippen LogP contribution in [0, 0.1) is 0 Å². The molecule has 0 aliphatic carbocycles. The lowest BCUT2D eigenvalue weighted by atomic mass is 10.1. The normalized spacial score (nSPS) is 11.3. The van der Waals surface area contributed by atoms with Gasteiger partial charge in [-0.05, 0) is 36.4 Å². The summed E-state index contributed by atoms with van der Waals surface area (Å²) in [5, 5.41) is 10.7. The van der Waals surface area contributed by atoms with Crippen molar-refractivity contribution in [3.05, 3.63) is 60.4 Å². The summed E-state index contributed by atoms with van der Waals surface area (Å²) < 4.78 is 44.0. The number of para-hydroxylation sites is 1. The zero-order chi connectivity index (χ0) is 18.6. The van der Waals surface area contributed by atoms with Gasteiger partial charge in [0, 0.05) is 0 Å². The van der Waals surface area contributed by atoms with E-state index < -0.39 is 17.6 Å². The van der Waals surface area contributed by atoms with Crippen LogP contribution in [0.25, 0.3) is 11.5 Å². The predicted octanol–water partition coefficient (Wildman–Crippen LogP) is 4.49. The molecule has 0 aliphatic rings. The maximum absolute atomic E-state index is 12.9. The Labute approximate surface area is 150 Å². The zero-order valence-corrected chi connectivity index (χ0v) is 14.0. The number of benzene rings is 1. The average Bonchev–Trinajstić information content (AvgIpc) is 3.15. The molecular formula is C17H12F3N3O2S. The van der Waals surface area contributed by atoms with Crippen molar-refractivity contribution in [3.63, 3.8) is 0 Å². The summed E-state index contributed by atoms with van der Waals surface area (Å²) >= 11 is 1.07. The molecule has 0 saturated carbocycles. The number of hydrogen-bond acceptors (Lipinski definition) is 5. The van der Waals surface area contributed by atoms with Crippen LogP contribution in [-0.2, 0) is 11.0 Å². The summed E-state index contributed by atoms with van der Waals surface area (Å²) in [5.41, 5.74) is -0.617. The number of nitrogens with one attached hydrogen (secondary N) is 1. The Bertz CT molecular complexity index is 881. The van der Waals surface area contributed by atoms with E-state index in [-0.39, 0.29) is 11.4 Å². The summed E-state index contributed by atoms with van der Waals surface area (Å²) in [5.74, 6) is -0.0970. The first-order valence-electron chi connectivity index (χ1n) is 7.40. The van der Waals surface area contributed by atoms with Crippen LogP contribution in [0.2, 0.25) is 0 Å². The minimum Gasteiger partial charge on any atom is -0.463 e. The van der Waals surface area contributed by atoms with Crippen LogP contribution >= 0.6 is 11.8 Å². The van der Waals surface area contributed by atoms with E-state index in [0.29, 0.717) is 16.5 Å². The van der Waals surface area contributed by atoms with Gasteiger partial charge in [-0.25, -0.2) is 0 Å². The fraction of sp³-hybridized carbons (Fsp3) is 0.118. The van der Waals surface area contributed by atoms with Gasteiger partial charge in [0.15, 0.2) is 5.76 Å². The number of amides is 1. The number of carbonyl (C=O) groups excluding carboxylic acids is 1. The molecule has 0 atom stereocenters. The van der Waals surface area contributed by atoms with Gasteiger partial charge in [0.1, 0.15) is 10.7 Å². The van der Waals surface area contributed by atoms with E-state index in [4.69, 9.17) is 4.42 Å². The second kappa shape index (κ2) is 7.61. The molecule has 2 heterocycles. The van der Waals surface area contributed by atoms with E-state index in [0.717, 1.165) is 17.8 Å². The Morgan fingerprint density at radius 3 is 2.54 bits per heavy atom. The third-order valence-electron chi connectivity index (χ3n) is 3.27. The molecule has 0 radical (unpaired) electrons. The Morgan fingerprint density at radius 2 is 1.88 bits per heavy atom. The lowest BCUT2D eigenvalue weighted by molar-refractivity contribution is -0.137. The lowest BCUT2D eigenvalue weighted by Crippen LogP contribution is -2.18. The maximum Gasteiger partial charge on any atom is 0.418 e. The molecule has 1 amide bonds. The Balaban J connectivity index is 1.60. The van der Waals surface area contributed by atoms with Crippen LogP contribution in [0.5, 0.6) is 0 Å². The van der Waals surface area contributed by atoms with E-state index in [1.165, 1.54) is 24.5 Å². The first kappa shape index (κ1) is 18.0. The number of hydrogen-bond donors (Lipinski definition) is 1. The van der Waals surface area contributed by atoms with Crippen molar-refractivity contribution in [2.45, 2.75) is 11.2 Å². The number of anilines is 1. The molecule has 2 aromatic heterocycles. The highest BCUT2D eigenvalue weighted by molar-refractivity contribution is 7.99. The molecule has 0 bridgehead atoms. The molecule has 0 unspecified atom stereocenters. The van der Waals surface area contributed by atoms with E-state index in [1.54, 1.807) is 24.3 Å². The summed E-state index contributed by atoms with van der Waals surface area (Å²) in [6.07, 6.45) is -3.02. The maximum atomic E-state index is 12.9. The van der Waals surface area contributed by atoms with E-state index >= 15 is 0 Å². The fourth-order valence-electron chi connectivity index (χ4n) is 2.12. The molecule has 3 rings (SSSR count). The molecule has 0 saturated heterocycles. The minimum atomic E-state index is -4.54. The van der Waals surface area contributed by atoms with Gasteiger partial charge < -0.3 is 9.73 Å². The molecule has 3 aromatic rings. The van der Waals surface area contributed by atoms with Gasteiger partial charge in [-0.15, -0.1) is 10.2 Å². The third-order valence-corrected chi connectivity index (χ3v) is 4.19. The van der Waals surface area contributed by atoms with Gasteiger partial charge in [0.25, 0.3) is 0 Å². The summed E-state index contributed by atoms with van der Waals surface area (Å²) in [6.45, 7) is 0. The van der Waals surface area contributed by atoms with E-state index in [2.05, 4.69) is 15.5 Å². The largest absolute Gasteiger partial charge is 0.463 e. The topological polar surface area (TPSA) is 68.0 Å². The van der Waals surface area contributed by atoms with Crippen molar-refractivity contribution in [1.29, 1.82) is 0 Å². The SMILES string of the molecule is O=C(CSc1ccc(-c2ccco2)nn1)Nc1ccccc1C(F)(F)F. The van der Waals surface area contributed by atoms with Crippen molar-refractivity contribution in [2.24, 2.45) is 0 Å². The molecule has 1 N–H and O–H groups in total. The molecule has 5 nitrogen and oxygen atoms in total. The van der Waals surface area contributed by atoms with Crippen LogP contribution in [-0.4, -0.2) is 21.9 Å². The molecule has 0 aliphatic heterocycles. The zero-order valence-electron chi connectivity index (χ0n) is 13.2. The first-order chi connectivity index (χ1) is 12.4. The van der Waals surface area contributed by atoms with Crippen molar-refractivity contribution < 1.29 is 22.4 Å². The highest BCUT2D eigenvalue weighted by Gasteiger charge is 2.33. The van der Waals surface area contributed by atoms with Crippen molar-refractivity contribution in [1.82, 2.24) is 10.2 Å². The predicted molar refractivity (Wildman–Crippen MR) is 90.5 cm³/mol. The number of furan rings is 1. The minimum absolute atomic E-state index is 0.0963. The van der Waals surface area contributed by atoms with Gasteiger partial charge in [0.2, 0.25) is 5.91 Å². The Morgan fingerprint density at radius 1 is 1.08 bits per heavy atom. The third kappa shape index (κ3) is 4.42. The summed E-state index contributed by atoms with van der Waals surface area (Å²) in [6, 6.07) is 11.6. The van der Waals surface area contributed by atoms with E-state index in [9.17, 15) is 18.0 Å². The summed E-state index contributed by atoms with van der Waals surface area (Å²) in [7, 11) is 0. The molecule has 0 spiro atoms. The number of aromatic nitrogens is 2. The first-order valence-corrected chi connectivity index (χ1v) is 8.38. The van der Waals surface area contributed by atoms with Crippen LogP contribution < -0.4 is 5.32 Å². The number of rotatable bonds is 5. The van der Waals surface area contributed by atoms with Crippen LogP contribution in [0.1, 0.15) is 5.56 Å². The number of carbonyl (C=O) groups is 1. The smallest absolute Gasteiger partial charge is 0.418 e. The van der Waals surface area contributed by atoms with Crippen LogP contribution in [0.3, 0.4) is 0 Å². The highest BCUT2D eigenvalue weighted by atomic mass is 32.2. The fourth-order valence-corrected chi connectivity index (χ4v) is 2.73. The molecule has 134 valence electrons. The number of alkyl halides is 3.